The van der Waals surface area contributed by atoms with Crippen LogP contribution in [0.1, 0.15) is 33.4 Å². The van der Waals surface area contributed by atoms with Gasteiger partial charge in [0, 0.05) is 29.8 Å². The number of guanidine groups is 1. The Bertz CT molecular complexity index is 1860. The quantitative estimate of drug-likeness (QED) is 0.0454. The summed E-state index contributed by atoms with van der Waals surface area (Å²) in [7, 11) is -4.92. The highest BCUT2D eigenvalue weighted by molar-refractivity contribution is 7.79. The van der Waals surface area contributed by atoms with Gasteiger partial charge >= 0.3 is 5.96 Å². The van der Waals surface area contributed by atoms with E-state index in [9.17, 15) is 0 Å². The first-order valence-corrected chi connectivity index (χ1v) is 18.2. The Morgan fingerprint density at radius 3 is 1.04 bits per heavy atom. The van der Waals surface area contributed by atoms with Crippen molar-refractivity contribution < 1.29 is 22.0 Å². The number of aliphatic imine (C=N–C) groups is 1. The van der Waals surface area contributed by atoms with E-state index in [4.69, 9.17) is 22.5 Å². The normalized spacial score (nSPS) is 11.7. The smallest absolute Gasteiger partial charge is 0.302 e. The molecule has 0 saturated carbocycles. The maximum atomic E-state index is 8.63. The summed E-state index contributed by atoms with van der Waals surface area (Å²) in [6, 6.07) is 65.1. The summed E-state index contributed by atoms with van der Waals surface area (Å²) < 4.78 is 33.5. The maximum Gasteiger partial charge on any atom is 0.302 e. The molecular weight excluding hydrogens is 655 g/mol. The topological polar surface area (TPSA) is 93.0 Å². The number of rotatable bonds is 12. The van der Waals surface area contributed by atoms with Crippen molar-refractivity contribution in [1.82, 2.24) is 4.90 Å². The molecule has 0 heterocycles. The molecule has 0 spiro atoms. The van der Waals surface area contributed by atoms with Gasteiger partial charge in [-0.3, -0.25) is 4.55 Å². The molecule has 1 N–H and O–H groups in total. The van der Waals surface area contributed by atoms with Crippen LogP contribution in [0.15, 0.2) is 187 Å². The molecule has 51 heavy (non-hydrogen) atoms. The van der Waals surface area contributed by atoms with Gasteiger partial charge in [0.25, 0.3) is 0 Å². The summed E-state index contributed by atoms with van der Waals surface area (Å²) in [4.78, 5) is 8.19. The zero-order valence-electron chi connectivity index (χ0n) is 28.5. The highest BCUT2D eigenvalue weighted by Crippen LogP contribution is 2.29. The Morgan fingerprint density at radius 1 is 0.490 bits per heavy atom. The summed E-state index contributed by atoms with van der Waals surface area (Å²) in [5.74, 6) is 1.09. The number of hydrogen-bond donors (Lipinski definition) is 1. The third kappa shape index (κ3) is 12.5. The molecule has 0 aliphatic carbocycles. The largest absolute Gasteiger partial charge is 0.726 e. The maximum absolute atomic E-state index is 8.63. The second-order valence-electron chi connectivity index (χ2n) is 12.4. The number of nitrogens with zero attached hydrogens (tertiary/aromatic N) is 3. The molecule has 0 amide bonds. The molecule has 8 heteroatoms. The minimum absolute atomic E-state index is 0.606. The van der Waals surface area contributed by atoms with E-state index in [1.54, 1.807) is 0 Å². The van der Waals surface area contributed by atoms with Gasteiger partial charge < -0.3 is 9.45 Å². The standard InChI is InChI=1S/C43H42N3.H2O4S/c1-7-19-37(20-8-1)31-44-43(45(32-38-21-9-2-10-22-38)33-39-23-11-3-12-24-39)46(34-40-25-13-4-14-26-40,35-41-27-15-5-16-28-41)36-42-29-17-6-18-30-42;1-5(2,3)4/h1-30H,31-36H2;(H2,1,2,3,4)/q+1;/p-1. The predicted octanol–water partition coefficient (Wildman–Crippen LogP) is 8.67. The molecule has 0 radical (unpaired) electrons. The number of hydrogen-bond acceptors (Lipinski definition) is 4. The van der Waals surface area contributed by atoms with E-state index in [2.05, 4.69) is 187 Å². The summed E-state index contributed by atoms with van der Waals surface area (Å²) in [6.45, 7) is 4.52. The molecule has 6 aromatic rings. The number of benzene rings is 6. The molecule has 0 atom stereocenters. The highest BCUT2D eigenvalue weighted by Gasteiger charge is 2.39. The van der Waals surface area contributed by atoms with Gasteiger partial charge in [-0.05, 0) is 16.7 Å². The van der Waals surface area contributed by atoms with Crippen LogP contribution in [0.4, 0.5) is 0 Å². The third-order valence-corrected chi connectivity index (χ3v) is 8.37. The molecule has 0 aliphatic rings. The van der Waals surface area contributed by atoms with Crippen molar-refractivity contribution in [3.8, 4) is 0 Å². The minimum Gasteiger partial charge on any atom is -0.726 e. The molecule has 7 nitrogen and oxygen atoms in total. The lowest BCUT2D eigenvalue weighted by molar-refractivity contribution is -0.888. The average Bonchev–Trinajstić information content (AvgIpc) is 3.13. The van der Waals surface area contributed by atoms with E-state index in [0.717, 1.165) is 38.7 Å². The van der Waals surface area contributed by atoms with Crippen LogP contribution in [-0.4, -0.2) is 32.9 Å². The zero-order valence-corrected chi connectivity index (χ0v) is 29.3. The van der Waals surface area contributed by atoms with Crippen LogP contribution in [0.25, 0.3) is 0 Å². The zero-order chi connectivity index (χ0) is 35.8. The van der Waals surface area contributed by atoms with E-state index in [1.165, 1.54) is 33.4 Å². The SMILES string of the molecule is O=S(=O)([O-])O.c1ccc(CN=C(N(Cc2ccccc2)Cc2ccccc2)[N+](Cc2ccccc2)(Cc2ccccc2)Cc2ccccc2)cc1. The molecule has 0 aromatic heterocycles. The van der Waals surface area contributed by atoms with Gasteiger partial charge in [0.15, 0.2) is 0 Å². The van der Waals surface area contributed by atoms with Gasteiger partial charge in [-0.1, -0.05) is 182 Å². The Balaban J connectivity index is 0.000000943. The van der Waals surface area contributed by atoms with Crippen LogP contribution in [0.3, 0.4) is 0 Å². The van der Waals surface area contributed by atoms with Crippen LogP contribution in [0.2, 0.25) is 0 Å². The summed E-state index contributed by atoms with van der Waals surface area (Å²) >= 11 is 0. The molecular formula is C43H43N3O4S. The van der Waals surface area contributed by atoms with Gasteiger partial charge in [0.2, 0.25) is 10.4 Å². The number of quaternary nitrogens is 1. The predicted molar refractivity (Wildman–Crippen MR) is 203 cm³/mol. The molecule has 0 fully saturated rings. The summed E-state index contributed by atoms with van der Waals surface area (Å²) in [6.07, 6.45) is 0. The summed E-state index contributed by atoms with van der Waals surface area (Å²) in [5, 5.41) is 0. The first-order chi connectivity index (χ1) is 24.8. The summed E-state index contributed by atoms with van der Waals surface area (Å²) in [5.41, 5.74) is 7.62. The molecule has 0 aliphatic heterocycles. The Labute approximate surface area is 302 Å². The van der Waals surface area contributed by atoms with Crippen LogP contribution in [0.5, 0.6) is 0 Å². The monoisotopic (exact) mass is 697 g/mol. The highest BCUT2D eigenvalue weighted by atomic mass is 32.3. The molecule has 0 saturated heterocycles. The lowest BCUT2D eigenvalue weighted by Gasteiger charge is -2.43. The van der Waals surface area contributed by atoms with Crippen LogP contribution < -0.4 is 0 Å². The van der Waals surface area contributed by atoms with Crippen molar-refractivity contribution in [2.24, 2.45) is 4.99 Å². The van der Waals surface area contributed by atoms with E-state index < -0.39 is 10.4 Å². The van der Waals surface area contributed by atoms with Crippen LogP contribution >= 0.6 is 0 Å². The first kappa shape index (κ1) is 36.9. The van der Waals surface area contributed by atoms with Crippen molar-refractivity contribution in [3.05, 3.63) is 215 Å². The van der Waals surface area contributed by atoms with Crippen molar-refractivity contribution in [2.45, 2.75) is 39.3 Å². The van der Waals surface area contributed by atoms with Crippen molar-refractivity contribution >= 4 is 16.4 Å². The minimum atomic E-state index is -4.92. The van der Waals surface area contributed by atoms with E-state index in [-0.39, 0.29) is 0 Å². The third-order valence-electron chi connectivity index (χ3n) is 8.37. The van der Waals surface area contributed by atoms with E-state index in [0.29, 0.717) is 11.0 Å². The molecule has 260 valence electrons. The van der Waals surface area contributed by atoms with Crippen LogP contribution in [0, 0.1) is 0 Å². The van der Waals surface area contributed by atoms with Crippen molar-refractivity contribution in [1.29, 1.82) is 0 Å². The Kier molecular flexibility index (Phi) is 13.4. The Hall–Kier alpha value is -5.38. The fourth-order valence-electron chi connectivity index (χ4n) is 6.28. The van der Waals surface area contributed by atoms with Crippen molar-refractivity contribution in [3.63, 3.8) is 0 Å². The fourth-order valence-corrected chi connectivity index (χ4v) is 6.28. The average molecular weight is 698 g/mol. The van der Waals surface area contributed by atoms with Gasteiger partial charge in [0.1, 0.15) is 19.6 Å². The lowest BCUT2D eigenvalue weighted by atomic mass is 10.1. The van der Waals surface area contributed by atoms with Gasteiger partial charge in [-0.15, -0.1) is 0 Å². The molecule has 0 bridgehead atoms. The van der Waals surface area contributed by atoms with E-state index in [1.807, 2.05) is 0 Å². The van der Waals surface area contributed by atoms with Gasteiger partial charge in [-0.2, -0.15) is 0 Å². The molecule has 0 unspecified atom stereocenters. The van der Waals surface area contributed by atoms with Crippen LogP contribution in [-0.2, 0) is 49.7 Å². The molecule has 6 aromatic carbocycles. The van der Waals surface area contributed by atoms with E-state index >= 15 is 0 Å². The molecule has 6 rings (SSSR count). The van der Waals surface area contributed by atoms with Gasteiger partial charge in [-0.25, -0.2) is 17.9 Å². The van der Waals surface area contributed by atoms with Gasteiger partial charge in [0.05, 0.1) is 6.54 Å². The van der Waals surface area contributed by atoms with Crippen molar-refractivity contribution in [2.75, 3.05) is 0 Å². The first-order valence-electron chi connectivity index (χ1n) is 16.8. The fraction of sp³-hybridized carbons (Fsp3) is 0.140. The Morgan fingerprint density at radius 2 is 0.745 bits per heavy atom. The lowest BCUT2D eigenvalue weighted by Crippen LogP contribution is -2.57. The second kappa shape index (κ2) is 18.6. The second-order valence-corrected chi connectivity index (χ2v) is 13.3.